The lowest BCUT2D eigenvalue weighted by molar-refractivity contribution is -0.135. The second-order valence-electron chi connectivity index (χ2n) is 4.44. The third-order valence-corrected chi connectivity index (χ3v) is 3.41. The molecular formula is C14H18F3IO. The van der Waals surface area contributed by atoms with Crippen molar-refractivity contribution in [1.29, 1.82) is 0 Å². The van der Waals surface area contributed by atoms with E-state index in [0.717, 1.165) is 28.6 Å². The first-order valence-electron chi connectivity index (χ1n) is 6.42. The fraction of sp³-hybridized carbons (Fsp3) is 0.571. The van der Waals surface area contributed by atoms with E-state index in [1.807, 2.05) is 24.3 Å². The number of hydrogen-bond acceptors (Lipinski definition) is 1. The highest BCUT2D eigenvalue weighted by Crippen LogP contribution is 2.23. The molecule has 5 heteroatoms. The van der Waals surface area contributed by atoms with Crippen LogP contribution in [0.3, 0.4) is 0 Å². The lowest BCUT2D eigenvalue weighted by Gasteiger charge is -2.07. The predicted molar refractivity (Wildman–Crippen MR) is 78.4 cm³/mol. The van der Waals surface area contributed by atoms with E-state index in [9.17, 15) is 13.2 Å². The number of halogens is 4. The highest BCUT2D eigenvalue weighted by molar-refractivity contribution is 14.1. The number of alkyl halides is 3. The molecule has 0 radical (unpaired) electrons. The molecule has 0 aliphatic heterocycles. The molecule has 0 saturated carbocycles. The summed E-state index contributed by atoms with van der Waals surface area (Å²) in [5.74, 6) is 0.845. The van der Waals surface area contributed by atoms with Gasteiger partial charge in [0.15, 0.2) is 0 Å². The van der Waals surface area contributed by atoms with Gasteiger partial charge in [-0.05, 0) is 59.7 Å². The van der Waals surface area contributed by atoms with E-state index in [1.54, 1.807) is 0 Å². The number of hydrogen-bond donors (Lipinski definition) is 0. The molecule has 1 aromatic carbocycles. The Morgan fingerprint density at radius 2 is 1.47 bits per heavy atom. The van der Waals surface area contributed by atoms with Crippen LogP contribution in [-0.2, 0) is 0 Å². The average Bonchev–Trinajstić information content (AvgIpc) is 2.33. The highest BCUT2D eigenvalue weighted by atomic mass is 127. The Bertz CT molecular complexity index is 349. The van der Waals surface area contributed by atoms with Crippen LogP contribution in [0.1, 0.15) is 38.5 Å². The summed E-state index contributed by atoms with van der Waals surface area (Å²) in [6.07, 6.45) is -1.14. The molecular weight excluding hydrogens is 368 g/mol. The van der Waals surface area contributed by atoms with Gasteiger partial charge >= 0.3 is 6.18 Å². The number of unbranched alkanes of at least 4 members (excludes halogenated alkanes) is 4. The van der Waals surface area contributed by atoms with E-state index in [4.69, 9.17) is 4.74 Å². The molecule has 0 aliphatic carbocycles. The molecule has 0 spiro atoms. The van der Waals surface area contributed by atoms with Crippen LogP contribution in [0.4, 0.5) is 13.2 Å². The van der Waals surface area contributed by atoms with Gasteiger partial charge in [-0.2, -0.15) is 13.2 Å². The zero-order chi connectivity index (χ0) is 14.1. The highest BCUT2D eigenvalue weighted by Gasteiger charge is 2.25. The first-order valence-corrected chi connectivity index (χ1v) is 7.50. The van der Waals surface area contributed by atoms with Crippen LogP contribution in [0.5, 0.6) is 5.75 Å². The van der Waals surface area contributed by atoms with E-state index in [1.165, 1.54) is 0 Å². The third-order valence-electron chi connectivity index (χ3n) is 2.69. The fourth-order valence-corrected chi connectivity index (χ4v) is 2.04. The Hall–Kier alpha value is -0.460. The molecule has 19 heavy (non-hydrogen) atoms. The maximum atomic E-state index is 11.9. The van der Waals surface area contributed by atoms with Crippen LogP contribution < -0.4 is 4.74 Å². The van der Waals surface area contributed by atoms with Gasteiger partial charge in [0.05, 0.1) is 6.61 Å². The van der Waals surface area contributed by atoms with Crippen molar-refractivity contribution in [2.75, 3.05) is 6.61 Å². The van der Waals surface area contributed by atoms with Crippen LogP contribution >= 0.6 is 22.6 Å². The topological polar surface area (TPSA) is 9.23 Å². The van der Waals surface area contributed by atoms with Crippen LogP contribution in [0, 0.1) is 3.57 Å². The average molecular weight is 386 g/mol. The molecule has 0 saturated heterocycles. The number of rotatable bonds is 8. The molecule has 0 aliphatic rings. The molecule has 1 nitrogen and oxygen atoms in total. The van der Waals surface area contributed by atoms with Crippen molar-refractivity contribution in [2.24, 2.45) is 0 Å². The first-order chi connectivity index (χ1) is 8.97. The van der Waals surface area contributed by atoms with Crippen molar-refractivity contribution in [3.05, 3.63) is 27.8 Å². The van der Waals surface area contributed by atoms with Crippen molar-refractivity contribution in [3.8, 4) is 5.75 Å². The van der Waals surface area contributed by atoms with E-state index in [2.05, 4.69) is 22.6 Å². The van der Waals surface area contributed by atoms with Crippen LogP contribution in [-0.4, -0.2) is 12.8 Å². The minimum absolute atomic E-state index is 0.238. The summed E-state index contributed by atoms with van der Waals surface area (Å²) in [6.45, 7) is 0.625. The van der Waals surface area contributed by atoms with Gasteiger partial charge in [-0.3, -0.25) is 0 Å². The van der Waals surface area contributed by atoms with Crippen LogP contribution in [0.2, 0.25) is 0 Å². The molecule has 1 aromatic rings. The monoisotopic (exact) mass is 386 g/mol. The fourth-order valence-electron chi connectivity index (χ4n) is 1.68. The van der Waals surface area contributed by atoms with Gasteiger partial charge in [0, 0.05) is 9.99 Å². The van der Waals surface area contributed by atoms with Crippen molar-refractivity contribution >= 4 is 22.6 Å². The molecule has 108 valence electrons. The lowest BCUT2D eigenvalue weighted by atomic mass is 10.1. The predicted octanol–water partition coefficient (Wildman–Crippen LogP) is 5.57. The third kappa shape index (κ3) is 9.13. The lowest BCUT2D eigenvalue weighted by Crippen LogP contribution is -2.06. The molecule has 0 fully saturated rings. The summed E-state index contributed by atoms with van der Waals surface area (Å²) >= 11 is 2.23. The first kappa shape index (κ1) is 16.6. The Morgan fingerprint density at radius 3 is 2.11 bits per heavy atom. The van der Waals surface area contributed by atoms with Crippen molar-refractivity contribution in [3.63, 3.8) is 0 Å². The quantitative estimate of drug-likeness (QED) is 0.419. The second-order valence-corrected chi connectivity index (χ2v) is 5.68. The van der Waals surface area contributed by atoms with Gasteiger partial charge in [0.1, 0.15) is 5.75 Å². The minimum Gasteiger partial charge on any atom is -0.494 e. The van der Waals surface area contributed by atoms with Crippen LogP contribution in [0.25, 0.3) is 0 Å². The Morgan fingerprint density at radius 1 is 0.895 bits per heavy atom. The number of ether oxygens (including phenoxy) is 1. The Labute approximate surface area is 125 Å². The molecule has 0 aromatic heterocycles. The molecule has 0 atom stereocenters. The summed E-state index contributed by atoms with van der Waals surface area (Å²) in [6, 6.07) is 7.80. The molecule has 0 bridgehead atoms. The van der Waals surface area contributed by atoms with Crippen molar-refractivity contribution in [1.82, 2.24) is 0 Å². The zero-order valence-electron chi connectivity index (χ0n) is 10.7. The molecule has 0 heterocycles. The van der Waals surface area contributed by atoms with Gasteiger partial charge in [-0.25, -0.2) is 0 Å². The standard InChI is InChI=1S/C14H18F3IO/c15-14(16,17)10-4-2-1-3-5-11-19-13-8-6-12(18)7-9-13/h6-9H,1-5,10-11H2. The summed E-state index contributed by atoms with van der Waals surface area (Å²) in [5.41, 5.74) is 0. The van der Waals surface area contributed by atoms with Gasteiger partial charge < -0.3 is 4.74 Å². The largest absolute Gasteiger partial charge is 0.494 e. The maximum absolute atomic E-state index is 11.9. The zero-order valence-corrected chi connectivity index (χ0v) is 12.8. The van der Waals surface area contributed by atoms with Crippen molar-refractivity contribution in [2.45, 2.75) is 44.7 Å². The molecule has 0 amide bonds. The number of benzene rings is 1. The molecule has 1 rings (SSSR count). The Balaban J connectivity index is 1.95. The summed E-state index contributed by atoms with van der Waals surface area (Å²) in [4.78, 5) is 0. The Kier molecular flexibility index (Phi) is 7.56. The summed E-state index contributed by atoms with van der Waals surface area (Å²) in [7, 11) is 0. The van der Waals surface area contributed by atoms with Gasteiger partial charge in [-0.1, -0.05) is 19.3 Å². The van der Waals surface area contributed by atoms with E-state index in [0.29, 0.717) is 13.0 Å². The van der Waals surface area contributed by atoms with Crippen molar-refractivity contribution < 1.29 is 17.9 Å². The van der Waals surface area contributed by atoms with Gasteiger partial charge in [0.2, 0.25) is 0 Å². The summed E-state index contributed by atoms with van der Waals surface area (Å²) < 4.78 is 42.3. The normalized spacial score (nSPS) is 11.6. The molecule has 0 N–H and O–H groups in total. The van der Waals surface area contributed by atoms with E-state index < -0.39 is 12.6 Å². The van der Waals surface area contributed by atoms with E-state index >= 15 is 0 Å². The van der Waals surface area contributed by atoms with E-state index in [-0.39, 0.29) is 6.42 Å². The minimum atomic E-state index is -4.01. The second kappa shape index (κ2) is 8.66. The SMILES string of the molecule is FC(F)(F)CCCCCCCOc1ccc(I)cc1. The smallest absolute Gasteiger partial charge is 0.389 e. The van der Waals surface area contributed by atoms with Gasteiger partial charge in [0.25, 0.3) is 0 Å². The maximum Gasteiger partial charge on any atom is 0.389 e. The summed E-state index contributed by atoms with van der Waals surface area (Å²) in [5, 5.41) is 0. The van der Waals surface area contributed by atoms with Crippen LogP contribution in [0.15, 0.2) is 24.3 Å². The molecule has 0 unspecified atom stereocenters. The van der Waals surface area contributed by atoms with Gasteiger partial charge in [-0.15, -0.1) is 0 Å².